The summed E-state index contributed by atoms with van der Waals surface area (Å²) in [4.78, 5) is 29.8. The van der Waals surface area contributed by atoms with Crippen LogP contribution in [0.3, 0.4) is 0 Å². The van der Waals surface area contributed by atoms with Crippen LogP contribution >= 0.6 is 0 Å². The van der Waals surface area contributed by atoms with Gasteiger partial charge in [0.1, 0.15) is 0 Å². The molecular formula is C15H21N3O3. The molecule has 1 saturated heterocycles. The van der Waals surface area contributed by atoms with Crippen molar-refractivity contribution in [1.82, 2.24) is 9.88 Å². The molecule has 6 heteroatoms. The van der Waals surface area contributed by atoms with Crippen LogP contribution in [0.25, 0.3) is 0 Å². The molecule has 0 aliphatic carbocycles. The van der Waals surface area contributed by atoms with Gasteiger partial charge in [0, 0.05) is 18.8 Å². The van der Waals surface area contributed by atoms with Crippen molar-refractivity contribution in [3.63, 3.8) is 0 Å². The van der Waals surface area contributed by atoms with Crippen molar-refractivity contribution in [2.45, 2.75) is 26.2 Å². The van der Waals surface area contributed by atoms with E-state index in [9.17, 15) is 9.59 Å². The van der Waals surface area contributed by atoms with E-state index in [2.05, 4.69) is 4.98 Å². The number of hydrogen-bond acceptors (Lipinski definition) is 5. The summed E-state index contributed by atoms with van der Waals surface area (Å²) < 4.78 is 5.02. The maximum atomic E-state index is 12.2. The highest BCUT2D eigenvalue weighted by Gasteiger charge is 2.28. The van der Waals surface area contributed by atoms with Gasteiger partial charge in [0.2, 0.25) is 5.91 Å². The summed E-state index contributed by atoms with van der Waals surface area (Å²) in [6, 6.07) is 3.50. The Labute approximate surface area is 124 Å². The standard InChI is InChI=1S/C15H21N3O3/c1-2-21-15(20)11-5-7-18(8-6-11)14(19)9-13-4-3-12(16)10-17-13/h3-4,10-11H,2,5-9,16H2,1H3. The first-order valence-corrected chi connectivity index (χ1v) is 7.25. The number of amides is 1. The van der Waals surface area contributed by atoms with Crippen LogP contribution in [0.15, 0.2) is 18.3 Å². The van der Waals surface area contributed by atoms with Crippen LogP contribution in [0, 0.1) is 5.92 Å². The Morgan fingerprint density at radius 3 is 2.67 bits per heavy atom. The zero-order chi connectivity index (χ0) is 15.2. The Hall–Kier alpha value is -2.11. The van der Waals surface area contributed by atoms with Crippen LogP contribution in [0.1, 0.15) is 25.5 Å². The van der Waals surface area contributed by atoms with Crippen LogP contribution in [-0.4, -0.2) is 41.5 Å². The van der Waals surface area contributed by atoms with Crippen molar-refractivity contribution in [2.75, 3.05) is 25.4 Å². The van der Waals surface area contributed by atoms with Gasteiger partial charge in [-0.25, -0.2) is 0 Å². The SMILES string of the molecule is CCOC(=O)C1CCN(C(=O)Cc2ccc(N)cn2)CC1. The number of anilines is 1. The van der Waals surface area contributed by atoms with E-state index in [1.165, 1.54) is 0 Å². The molecule has 1 aliphatic rings. The number of nitrogen functional groups attached to an aromatic ring is 1. The number of aromatic nitrogens is 1. The number of nitrogens with zero attached hydrogens (tertiary/aromatic N) is 2. The normalized spacial score (nSPS) is 15.8. The second kappa shape index (κ2) is 7.06. The Morgan fingerprint density at radius 1 is 1.38 bits per heavy atom. The maximum absolute atomic E-state index is 12.2. The maximum Gasteiger partial charge on any atom is 0.309 e. The second-order valence-electron chi connectivity index (χ2n) is 5.17. The number of pyridine rings is 1. The predicted octanol–water partition coefficient (Wildman–Crippen LogP) is 1.01. The van der Waals surface area contributed by atoms with Gasteiger partial charge in [-0.15, -0.1) is 0 Å². The summed E-state index contributed by atoms with van der Waals surface area (Å²) in [6.45, 7) is 3.39. The minimum Gasteiger partial charge on any atom is -0.466 e. The molecule has 114 valence electrons. The Kier molecular flexibility index (Phi) is 5.14. The van der Waals surface area contributed by atoms with Gasteiger partial charge in [0.05, 0.1) is 30.8 Å². The number of piperidine rings is 1. The average Bonchev–Trinajstić information content (AvgIpc) is 2.50. The third kappa shape index (κ3) is 4.18. The molecule has 0 unspecified atom stereocenters. The van der Waals surface area contributed by atoms with Crippen molar-refractivity contribution in [1.29, 1.82) is 0 Å². The van der Waals surface area contributed by atoms with E-state index in [0.29, 0.717) is 43.9 Å². The van der Waals surface area contributed by atoms with Gasteiger partial charge in [0.15, 0.2) is 0 Å². The molecule has 21 heavy (non-hydrogen) atoms. The van der Waals surface area contributed by atoms with Gasteiger partial charge in [-0.05, 0) is 31.9 Å². The smallest absolute Gasteiger partial charge is 0.309 e. The minimum atomic E-state index is -0.148. The summed E-state index contributed by atoms with van der Waals surface area (Å²) in [7, 11) is 0. The van der Waals surface area contributed by atoms with Crippen molar-refractivity contribution in [3.05, 3.63) is 24.0 Å². The first-order chi connectivity index (χ1) is 10.1. The van der Waals surface area contributed by atoms with Gasteiger partial charge in [0.25, 0.3) is 0 Å². The zero-order valence-corrected chi connectivity index (χ0v) is 12.2. The van der Waals surface area contributed by atoms with E-state index >= 15 is 0 Å². The van der Waals surface area contributed by atoms with Crippen molar-refractivity contribution < 1.29 is 14.3 Å². The Balaban J connectivity index is 1.83. The number of nitrogens with two attached hydrogens (primary N) is 1. The summed E-state index contributed by atoms with van der Waals surface area (Å²) in [5, 5.41) is 0. The van der Waals surface area contributed by atoms with Crippen molar-refractivity contribution in [2.24, 2.45) is 5.92 Å². The molecule has 1 aliphatic heterocycles. The number of hydrogen-bond donors (Lipinski definition) is 1. The molecule has 1 aromatic heterocycles. The molecule has 0 spiro atoms. The summed E-state index contributed by atoms with van der Waals surface area (Å²) in [5.74, 6) is -0.192. The molecular weight excluding hydrogens is 270 g/mol. The average molecular weight is 291 g/mol. The van der Waals surface area contributed by atoms with E-state index in [-0.39, 0.29) is 24.2 Å². The lowest BCUT2D eigenvalue weighted by Crippen LogP contribution is -2.41. The lowest BCUT2D eigenvalue weighted by Gasteiger charge is -2.30. The fourth-order valence-corrected chi connectivity index (χ4v) is 2.43. The number of rotatable bonds is 4. The molecule has 0 bridgehead atoms. The third-order valence-corrected chi connectivity index (χ3v) is 3.65. The Bertz CT molecular complexity index is 493. The minimum absolute atomic E-state index is 0.0366. The van der Waals surface area contributed by atoms with E-state index in [0.717, 1.165) is 0 Å². The molecule has 1 amide bonds. The highest BCUT2D eigenvalue weighted by atomic mass is 16.5. The zero-order valence-electron chi connectivity index (χ0n) is 12.2. The summed E-state index contributed by atoms with van der Waals surface area (Å²) in [6.07, 6.45) is 3.15. The second-order valence-corrected chi connectivity index (χ2v) is 5.17. The lowest BCUT2D eigenvalue weighted by molar-refractivity contribution is -0.151. The predicted molar refractivity (Wildman–Crippen MR) is 78.3 cm³/mol. The Morgan fingerprint density at radius 2 is 2.10 bits per heavy atom. The van der Waals surface area contributed by atoms with Crippen LogP contribution in [-0.2, 0) is 20.7 Å². The first-order valence-electron chi connectivity index (χ1n) is 7.25. The van der Waals surface area contributed by atoms with Crippen LogP contribution in [0.5, 0.6) is 0 Å². The van der Waals surface area contributed by atoms with E-state index < -0.39 is 0 Å². The number of esters is 1. The van der Waals surface area contributed by atoms with E-state index in [1.54, 1.807) is 30.2 Å². The van der Waals surface area contributed by atoms with E-state index in [4.69, 9.17) is 10.5 Å². The van der Waals surface area contributed by atoms with Crippen LogP contribution in [0.2, 0.25) is 0 Å². The third-order valence-electron chi connectivity index (χ3n) is 3.65. The van der Waals surface area contributed by atoms with Crippen LogP contribution < -0.4 is 5.73 Å². The summed E-state index contributed by atoms with van der Waals surface area (Å²) in [5.41, 5.74) is 6.86. The summed E-state index contributed by atoms with van der Waals surface area (Å²) >= 11 is 0. The molecule has 2 N–H and O–H groups in total. The van der Waals surface area contributed by atoms with E-state index in [1.807, 2.05) is 0 Å². The first kappa shape index (κ1) is 15.3. The van der Waals surface area contributed by atoms with Gasteiger partial charge in [-0.2, -0.15) is 0 Å². The van der Waals surface area contributed by atoms with Crippen molar-refractivity contribution in [3.8, 4) is 0 Å². The molecule has 0 atom stereocenters. The fraction of sp³-hybridized carbons (Fsp3) is 0.533. The molecule has 0 aromatic carbocycles. The molecule has 2 heterocycles. The number of likely N-dealkylation sites (tertiary alicyclic amines) is 1. The topological polar surface area (TPSA) is 85.5 Å². The van der Waals surface area contributed by atoms with Gasteiger partial charge in [-0.1, -0.05) is 0 Å². The lowest BCUT2D eigenvalue weighted by atomic mass is 9.96. The molecule has 0 radical (unpaired) electrons. The van der Waals surface area contributed by atoms with Gasteiger partial charge in [-0.3, -0.25) is 14.6 Å². The van der Waals surface area contributed by atoms with Crippen LogP contribution in [0.4, 0.5) is 5.69 Å². The van der Waals surface area contributed by atoms with Crippen molar-refractivity contribution >= 4 is 17.6 Å². The molecule has 6 nitrogen and oxygen atoms in total. The number of carbonyl (C=O) groups excluding carboxylic acids is 2. The fourth-order valence-electron chi connectivity index (χ4n) is 2.43. The molecule has 1 fully saturated rings. The highest BCUT2D eigenvalue weighted by molar-refractivity contribution is 5.79. The molecule has 0 saturated carbocycles. The largest absolute Gasteiger partial charge is 0.466 e. The van der Waals surface area contributed by atoms with Gasteiger partial charge >= 0.3 is 5.97 Å². The quantitative estimate of drug-likeness (QED) is 0.837. The van der Waals surface area contributed by atoms with Gasteiger partial charge < -0.3 is 15.4 Å². The number of carbonyl (C=O) groups is 2. The monoisotopic (exact) mass is 291 g/mol. The molecule has 2 rings (SSSR count). The number of ether oxygens (including phenoxy) is 1. The molecule has 1 aromatic rings. The highest BCUT2D eigenvalue weighted by Crippen LogP contribution is 2.19.